The van der Waals surface area contributed by atoms with Gasteiger partial charge in [-0.05, 0) is 25.0 Å². The predicted molar refractivity (Wildman–Crippen MR) is 98.2 cm³/mol. The summed E-state index contributed by atoms with van der Waals surface area (Å²) < 4.78 is 0. The number of aromatic nitrogens is 1. The van der Waals surface area contributed by atoms with Crippen LogP contribution >= 0.6 is 0 Å². The fourth-order valence-electron chi connectivity index (χ4n) is 4.19. The van der Waals surface area contributed by atoms with Crippen molar-refractivity contribution >= 4 is 24.2 Å². The van der Waals surface area contributed by atoms with Crippen LogP contribution in [0.15, 0.2) is 24.5 Å². The van der Waals surface area contributed by atoms with Crippen LogP contribution in [0.4, 0.5) is 0 Å². The van der Waals surface area contributed by atoms with Gasteiger partial charge < -0.3 is 20.2 Å². The van der Waals surface area contributed by atoms with E-state index in [1.165, 1.54) is 0 Å². The maximum Gasteiger partial charge on any atom is 0.290 e. The highest BCUT2D eigenvalue weighted by molar-refractivity contribution is 5.94. The smallest absolute Gasteiger partial charge is 0.290 e. The molecule has 0 aliphatic carbocycles. The maximum atomic E-state index is 12.8. The van der Waals surface area contributed by atoms with E-state index in [-0.39, 0.29) is 42.1 Å². The lowest BCUT2D eigenvalue weighted by molar-refractivity contribution is -0.136. The molecule has 3 aliphatic heterocycles. The minimum Gasteiger partial charge on any atom is -0.483 e. The number of likely N-dealkylation sites (tertiary alicyclic amines) is 2. The van der Waals surface area contributed by atoms with Gasteiger partial charge in [0.25, 0.3) is 12.4 Å². The highest BCUT2D eigenvalue weighted by Crippen LogP contribution is 2.29. The number of amides is 3. The Morgan fingerprint density at radius 2 is 1.79 bits per heavy atom. The number of rotatable bonds is 2. The summed E-state index contributed by atoms with van der Waals surface area (Å²) in [5.74, 6) is 0.539. The fourth-order valence-corrected chi connectivity index (χ4v) is 4.19. The van der Waals surface area contributed by atoms with Crippen molar-refractivity contribution in [3.63, 3.8) is 0 Å². The molecule has 3 amide bonds. The van der Waals surface area contributed by atoms with Crippen molar-refractivity contribution in [2.24, 2.45) is 11.8 Å². The summed E-state index contributed by atoms with van der Waals surface area (Å²) in [4.78, 5) is 52.6. The lowest BCUT2D eigenvalue weighted by Gasteiger charge is -2.33. The van der Waals surface area contributed by atoms with Crippen molar-refractivity contribution < 1.29 is 24.3 Å². The number of hydrogen-bond donors (Lipinski definition) is 2. The topological polar surface area (TPSA) is 120 Å². The molecule has 0 bridgehead atoms. The zero-order valence-electron chi connectivity index (χ0n) is 15.5. The van der Waals surface area contributed by atoms with Crippen LogP contribution in [0.5, 0.6) is 0 Å². The summed E-state index contributed by atoms with van der Waals surface area (Å²) in [5.41, 5.74) is 0.642. The highest BCUT2D eigenvalue weighted by atomic mass is 16.3. The Morgan fingerprint density at radius 3 is 2.39 bits per heavy atom. The third-order valence-corrected chi connectivity index (χ3v) is 5.61. The van der Waals surface area contributed by atoms with Gasteiger partial charge >= 0.3 is 0 Å². The predicted octanol–water partition coefficient (Wildman–Crippen LogP) is -0.0185. The second kappa shape index (κ2) is 8.81. The lowest BCUT2D eigenvalue weighted by atomic mass is 9.95. The third-order valence-electron chi connectivity index (χ3n) is 5.61. The summed E-state index contributed by atoms with van der Waals surface area (Å²) in [6.07, 6.45) is 5.17. The van der Waals surface area contributed by atoms with Gasteiger partial charge in [0.05, 0.1) is 6.04 Å². The number of nitrogens with one attached hydrogen (secondary N) is 1. The molecule has 1 aromatic rings. The molecule has 4 heterocycles. The number of carbonyl (C=O) groups excluding carboxylic acids is 3. The molecule has 28 heavy (non-hydrogen) atoms. The summed E-state index contributed by atoms with van der Waals surface area (Å²) in [6.45, 7) is 2.27. The summed E-state index contributed by atoms with van der Waals surface area (Å²) in [7, 11) is 0. The quantitative estimate of drug-likeness (QED) is 0.687. The van der Waals surface area contributed by atoms with E-state index in [1.54, 1.807) is 24.5 Å². The van der Waals surface area contributed by atoms with E-state index in [0.717, 1.165) is 0 Å². The second-order valence-electron chi connectivity index (χ2n) is 7.29. The molecule has 4 rings (SSSR count). The van der Waals surface area contributed by atoms with Gasteiger partial charge in [-0.3, -0.25) is 24.2 Å². The van der Waals surface area contributed by atoms with Crippen LogP contribution in [0.3, 0.4) is 0 Å². The maximum absolute atomic E-state index is 12.8. The Kier molecular flexibility index (Phi) is 6.23. The normalized spacial score (nSPS) is 24.1. The molecule has 1 aromatic heterocycles. The molecule has 9 heteroatoms. The first kappa shape index (κ1) is 19.8. The van der Waals surface area contributed by atoms with Gasteiger partial charge in [0.1, 0.15) is 0 Å². The van der Waals surface area contributed by atoms with Crippen molar-refractivity contribution in [1.29, 1.82) is 0 Å². The molecule has 0 unspecified atom stereocenters. The average molecular weight is 388 g/mol. The second-order valence-corrected chi connectivity index (χ2v) is 7.29. The van der Waals surface area contributed by atoms with Crippen LogP contribution in [0.1, 0.15) is 29.6 Å². The van der Waals surface area contributed by atoms with Crippen LogP contribution in [0, 0.1) is 11.8 Å². The molecule has 9 nitrogen and oxygen atoms in total. The van der Waals surface area contributed by atoms with E-state index in [4.69, 9.17) is 9.90 Å². The molecule has 0 spiro atoms. The Labute approximate surface area is 162 Å². The van der Waals surface area contributed by atoms with E-state index in [1.807, 2.05) is 9.80 Å². The van der Waals surface area contributed by atoms with Crippen molar-refractivity contribution in [2.75, 3.05) is 26.2 Å². The zero-order chi connectivity index (χ0) is 20.1. The molecule has 2 atom stereocenters. The van der Waals surface area contributed by atoms with E-state index < -0.39 is 0 Å². The van der Waals surface area contributed by atoms with Crippen molar-refractivity contribution in [3.05, 3.63) is 30.1 Å². The highest BCUT2D eigenvalue weighted by Gasteiger charge is 2.43. The molecule has 3 saturated heterocycles. The van der Waals surface area contributed by atoms with E-state index in [0.29, 0.717) is 51.0 Å². The van der Waals surface area contributed by atoms with Gasteiger partial charge in [0, 0.05) is 62.4 Å². The first-order chi connectivity index (χ1) is 13.5. The van der Waals surface area contributed by atoms with Crippen molar-refractivity contribution in [3.8, 4) is 0 Å². The summed E-state index contributed by atoms with van der Waals surface area (Å²) in [5, 5.41) is 9.84. The van der Waals surface area contributed by atoms with Crippen LogP contribution in [0.25, 0.3) is 0 Å². The Bertz CT molecular complexity index is 717. The fraction of sp³-hybridized carbons (Fsp3) is 0.526. The van der Waals surface area contributed by atoms with Gasteiger partial charge in [0.2, 0.25) is 11.8 Å². The van der Waals surface area contributed by atoms with Gasteiger partial charge in [0.15, 0.2) is 0 Å². The van der Waals surface area contributed by atoms with Crippen molar-refractivity contribution in [1.82, 2.24) is 20.1 Å². The number of fused-ring (bicyclic) bond motifs is 1. The Morgan fingerprint density at radius 1 is 1.14 bits per heavy atom. The molecule has 3 fully saturated rings. The average Bonchev–Trinajstić information content (AvgIpc) is 3.26. The number of pyridine rings is 1. The standard InChI is InChI=1S/C18H22N4O3.CH2O2/c23-16-9-14-10-22(11-15(14)20-16)18(25)13-3-7-21(8-4-13)17(24)12-1-5-19-6-2-12;2-1-3/h1-2,5-6,13-15H,3-4,7-11H2,(H,20,23);1H,(H,2,3)/t14-,15+;/m0./s1. The largest absolute Gasteiger partial charge is 0.483 e. The third kappa shape index (κ3) is 4.29. The minimum absolute atomic E-state index is 0.00622. The number of nitrogens with zero attached hydrogens (tertiary/aromatic N) is 3. The van der Waals surface area contributed by atoms with E-state index in [9.17, 15) is 14.4 Å². The van der Waals surface area contributed by atoms with Gasteiger partial charge in [-0.1, -0.05) is 0 Å². The number of piperidine rings is 1. The number of carbonyl (C=O) groups is 4. The molecule has 3 aliphatic rings. The SMILES string of the molecule is O=C1C[C@H]2CN(C(=O)C3CCN(C(=O)c4ccncc4)CC3)C[C@H]2N1.O=CO. The van der Waals surface area contributed by atoms with Gasteiger partial charge in [-0.15, -0.1) is 0 Å². The number of carboxylic acid groups (broad SMARTS) is 1. The van der Waals surface area contributed by atoms with Crippen molar-refractivity contribution in [2.45, 2.75) is 25.3 Å². The summed E-state index contributed by atoms with van der Waals surface area (Å²) >= 11 is 0. The molecule has 0 aromatic carbocycles. The Hall–Kier alpha value is -2.97. The van der Waals surface area contributed by atoms with Gasteiger partial charge in [-0.25, -0.2) is 0 Å². The van der Waals surface area contributed by atoms with Crippen LogP contribution < -0.4 is 5.32 Å². The molecule has 0 radical (unpaired) electrons. The summed E-state index contributed by atoms with van der Waals surface area (Å²) in [6, 6.07) is 3.57. The van der Waals surface area contributed by atoms with E-state index in [2.05, 4.69) is 10.3 Å². The molecular weight excluding hydrogens is 364 g/mol. The van der Waals surface area contributed by atoms with Crippen LogP contribution in [0.2, 0.25) is 0 Å². The Balaban J connectivity index is 0.000000706. The first-order valence-electron chi connectivity index (χ1n) is 9.38. The lowest BCUT2D eigenvalue weighted by Crippen LogP contribution is -2.44. The molecular formula is C19H24N4O5. The first-order valence-corrected chi connectivity index (χ1v) is 9.38. The van der Waals surface area contributed by atoms with Crippen LogP contribution in [-0.4, -0.2) is 76.3 Å². The number of hydrogen-bond acceptors (Lipinski definition) is 5. The molecule has 150 valence electrons. The van der Waals surface area contributed by atoms with Crippen LogP contribution in [-0.2, 0) is 14.4 Å². The zero-order valence-corrected chi connectivity index (χ0v) is 15.5. The molecule has 0 saturated carbocycles. The minimum atomic E-state index is -0.250. The monoisotopic (exact) mass is 388 g/mol. The van der Waals surface area contributed by atoms with E-state index >= 15 is 0 Å². The van der Waals surface area contributed by atoms with Gasteiger partial charge in [-0.2, -0.15) is 0 Å². The molecule has 2 N–H and O–H groups in total.